The van der Waals surface area contributed by atoms with Crippen molar-refractivity contribution in [3.05, 3.63) is 0 Å². The van der Waals surface area contributed by atoms with E-state index in [2.05, 4.69) is 4.74 Å². The first-order chi connectivity index (χ1) is 4.11. The lowest BCUT2D eigenvalue weighted by molar-refractivity contribution is -0.147. The quantitative estimate of drug-likeness (QED) is 0.495. The Hall–Kier alpha value is -0.600. The van der Waals surface area contributed by atoms with Crippen molar-refractivity contribution in [3.63, 3.8) is 0 Å². The first-order valence-electron chi connectivity index (χ1n) is 2.84. The van der Waals surface area contributed by atoms with E-state index in [1.807, 2.05) is 0 Å². The van der Waals surface area contributed by atoms with Crippen molar-refractivity contribution in [1.82, 2.24) is 0 Å². The molecule has 0 N–H and O–H groups in total. The number of ether oxygens (including phenoxy) is 1. The highest BCUT2D eigenvalue weighted by Gasteiger charge is 2.58. The molecule has 0 aromatic rings. The lowest BCUT2D eigenvalue weighted by atomic mass is 10.1. The van der Waals surface area contributed by atoms with Crippen LogP contribution in [-0.2, 0) is 9.53 Å². The summed E-state index contributed by atoms with van der Waals surface area (Å²) in [5.74, 6) is -0.435. The third-order valence-electron chi connectivity index (χ3n) is 1.79. The molecule has 0 aromatic heterocycles. The molecule has 1 aliphatic carbocycles. The summed E-state index contributed by atoms with van der Waals surface area (Å²) in [6.45, 7) is 1.57. The van der Waals surface area contributed by atoms with Gasteiger partial charge in [0.15, 0.2) is 0 Å². The van der Waals surface area contributed by atoms with Crippen molar-refractivity contribution >= 4 is 5.97 Å². The van der Waals surface area contributed by atoms with Crippen molar-refractivity contribution in [2.75, 3.05) is 7.11 Å². The normalized spacial score (nSPS) is 40.1. The third kappa shape index (κ3) is 0.802. The fraction of sp³-hybridized carbons (Fsp3) is 0.833. The molecule has 0 saturated heterocycles. The zero-order valence-corrected chi connectivity index (χ0v) is 5.48. The summed E-state index contributed by atoms with van der Waals surface area (Å²) in [4.78, 5) is 10.6. The monoisotopic (exact) mass is 132 g/mol. The van der Waals surface area contributed by atoms with Crippen LogP contribution in [0.5, 0.6) is 0 Å². The number of methoxy groups -OCH3 is 1. The molecule has 0 aromatic carbocycles. The second-order valence-corrected chi connectivity index (χ2v) is 2.58. The average molecular weight is 132 g/mol. The summed E-state index contributed by atoms with van der Waals surface area (Å²) in [7, 11) is 1.28. The van der Waals surface area contributed by atoms with Crippen molar-refractivity contribution < 1.29 is 13.9 Å². The third-order valence-corrected chi connectivity index (χ3v) is 1.79. The largest absolute Gasteiger partial charge is 0.469 e. The number of esters is 1. The molecule has 0 amide bonds. The van der Waals surface area contributed by atoms with Crippen molar-refractivity contribution in [2.45, 2.75) is 19.5 Å². The van der Waals surface area contributed by atoms with Gasteiger partial charge in [0, 0.05) is 0 Å². The fourth-order valence-corrected chi connectivity index (χ4v) is 0.758. The van der Waals surface area contributed by atoms with Crippen LogP contribution in [0.1, 0.15) is 13.3 Å². The van der Waals surface area contributed by atoms with Gasteiger partial charge in [-0.15, -0.1) is 0 Å². The van der Waals surface area contributed by atoms with E-state index < -0.39 is 17.6 Å². The molecule has 0 heterocycles. The van der Waals surface area contributed by atoms with Gasteiger partial charge in [0.2, 0.25) is 0 Å². The van der Waals surface area contributed by atoms with Gasteiger partial charge in [0.05, 0.1) is 12.5 Å². The highest BCUT2D eigenvalue weighted by Crippen LogP contribution is 2.48. The molecule has 1 saturated carbocycles. The van der Waals surface area contributed by atoms with Gasteiger partial charge in [0.25, 0.3) is 0 Å². The van der Waals surface area contributed by atoms with E-state index in [1.165, 1.54) is 7.11 Å². The van der Waals surface area contributed by atoms with Crippen molar-refractivity contribution in [2.24, 2.45) is 5.41 Å². The molecule has 2 nitrogen and oxygen atoms in total. The summed E-state index contributed by atoms with van der Waals surface area (Å²) >= 11 is 0. The molecule has 9 heavy (non-hydrogen) atoms. The number of carbonyl (C=O) groups is 1. The smallest absolute Gasteiger partial charge is 0.314 e. The number of alkyl halides is 1. The van der Waals surface area contributed by atoms with Crippen LogP contribution in [0.15, 0.2) is 0 Å². The highest BCUT2D eigenvalue weighted by atomic mass is 19.1. The highest BCUT2D eigenvalue weighted by molar-refractivity contribution is 5.80. The predicted octanol–water partition coefficient (Wildman–Crippen LogP) is 0.907. The molecule has 1 aliphatic rings. The van der Waals surface area contributed by atoms with E-state index >= 15 is 0 Å². The molecular formula is C6H9FO2. The summed E-state index contributed by atoms with van der Waals surface area (Å²) in [6, 6.07) is 0. The van der Waals surface area contributed by atoms with E-state index in [9.17, 15) is 9.18 Å². The molecule has 2 unspecified atom stereocenters. The fourth-order valence-electron chi connectivity index (χ4n) is 0.758. The van der Waals surface area contributed by atoms with Crippen LogP contribution in [-0.4, -0.2) is 19.3 Å². The Labute approximate surface area is 53.0 Å². The Bertz CT molecular complexity index is 146. The van der Waals surface area contributed by atoms with Crippen LogP contribution < -0.4 is 0 Å². The van der Waals surface area contributed by atoms with Crippen LogP contribution in [0.3, 0.4) is 0 Å². The number of hydrogen-bond donors (Lipinski definition) is 0. The summed E-state index contributed by atoms with van der Waals surface area (Å²) in [5, 5.41) is 0. The van der Waals surface area contributed by atoms with Crippen LogP contribution in [0.2, 0.25) is 0 Å². The number of rotatable bonds is 1. The van der Waals surface area contributed by atoms with E-state index in [0.717, 1.165) is 0 Å². The van der Waals surface area contributed by atoms with Crippen molar-refractivity contribution in [3.8, 4) is 0 Å². The van der Waals surface area contributed by atoms with Gasteiger partial charge >= 0.3 is 5.97 Å². The summed E-state index contributed by atoms with van der Waals surface area (Å²) in [6.07, 6.45) is -0.662. The summed E-state index contributed by atoms with van der Waals surface area (Å²) in [5.41, 5.74) is -0.811. The molecule has 0 bridgehead atoms. The molecule has 3 heteroatoms. The van der Waals surface area contributed by atoms with Gasteiger partial charge in [-0.2, -0.15) is 0 Å². The van der Waals surface area contributed by atoms with Crippen LogP contribution >= 0.6 is 0 Å². The number of halogens is 1. The zero-order valence-electron chi connectivity index (χ0n) is 5.48. The van der Waals surface area contributed by atoms with Gasteiger partial charge in [0.1, 0.15) is 6.17 Å². The van der Waals surface area contributed by atoms with E-state index in [4.69, 9.17) is 0 Å². The zero-order chi connectivity index (χ0) is 7.07. The van der Waals surface area contributed by atoms with Gasteiger partial charge < -0.3 is 4.74 Å². The molecule has 1 rings (SSSR count). The predicted molar refractivity (Wildman–Crippen MR) is 29.6 cm³/mol. The minimum Gasteiger partial charge on any atom is -0.469 e. The van der Waals surface area contributed by atoms with Crippen molar-refractivity contribution in [1.29, 1.82) is 0 Å². The number of hydrogen-bond acceptors (Lipinski definition) is 2. The maximum Gasteiger partial charge on any atom is 0.314 e. The molecule has 52 valence electrons. The van der Waals surface area contributed by atoms with Crippen LogP contribution in [0.4, 0.5) is 4.39 Å². The first-order valence-corrected chi connectivity index (χ1v) is 2.84. The second-order valence-electron chi connectivity index (χ2n) is 2.58. The van der Waals surface area contributed by atoms with Crippen LogP contribution in [0.25, 0.3) is 0 Å². The lowest BCUT2D eigenvalue weighted by Crippen LogP contribution is -2.16. The van der Waals surface area contributed by atoms with Gasteiger partial charge in [-0.1, -0.05) is 0 Å². The van der Waals surface area contributed by atoms with Gasteiger partial charge in [-0.3, -0.25) is 4.79 Å². The minimum absolute atomic E-state index is 0.319. The summed E-state index contributed by atoms with van der Waals surface area (Å²) < 4.78 is 16.7. The Morgan fingerprint density at radius 2 is 2.33 bits per heavy atom. The van der Waals surface area contributed by atoms with Gasteiger partial charge in [-0.05, 0) is 13.3 Å². The topological polar surface area (TPSA) is 26.3 Å². The Kier molecular flexibility index (Phi) is 1.22. The molecule has 1 fully saturated rings. The van der Waals surface area contributed by atoms with E-state index in [0.29, 0.717) is 6.42 Å². The Balaban J connectivity index is 2.53. The number of carbonyl (C=O) groups excluding carboxylic acids is 1. The van der Waals surface area contributed by atoms with E-state index in [-0.39, 0.29) is 0 Å². The average Bonchev–Trinajstić information content (AvgIpc) is 2.41. The van der Waals surface area contributed by atoms with Crippen LogP contribution in [0, 0.1) is 5.41 Å². The molecule has 0 aliphatic heterocycles. The Morgan fingerprint density at radius 1 is 1.89 bits per heavy atom. The Morgan fingerprint density at radius 3 is 2.44 bits per heavy atom. The maximum atomic E-state index is 12.3. The SMILES string of the molecule is COC(=O)C1(C)CC1F. The molecule has 0 spiro atoms. The maximum absolute atomic E-state index is 12.3. The molecular weight excluding hydrogens is 123 g/mol. The minimum atomic E-state index is -0.982. The second kappa shape index (κ2) is 1.69. The standard InChI is InChI=1S/C6H9FO2/c1-6(3-4(6)7)5(8)9-2/h4H,3H2,1-2H3. The van der Waals surface area contributed by atoms with Gasteiger partial charge in [-0.25, -0.2) is 4.39 Å². The first kappa shape index (κ1) is 6.52. The lowest BCUT2D eigenvalue weighted by Gasteiger charge is -2.02. The molecule has 2 atom stereocenters. The van der Waals surface area contributed by atoms with E-state index in [1.54, 1.807) is 6.92 Å². The molecule has 0 radical (unpaired) electrons.